The number of piperidine rings is 1. The van der Waals surface area contributed by atoms with Gasteiger partial charge in [-0.2, -0.15) is 0 Å². The Morgan fingerprint density at radius 2 is 2.21 bits per heavy atom. The molecule has 4 nitrogen and oxygen atoms in total. The molecule has 108 valence electrons. The number of likely N-dealkylation sites (tertiary alicyclic amines) is 1. The van der Waals surface area contributed by atoms with Crippen molar-refractivity contribution in [2.45, 2.75) is 38.8 Å². The molecule has 1 aromatic rings. The first kappa shape index (κ1) is 14.9. The molecule has 1 aliphatic rings. The summed E-state index contributed by atoms with van der Waals surface area (Å²) in [6.07, 6.45) is 3.47. The number of hydrogen-bond acceptors (Lipinski definition) is 5. The maximum absolute atomic E-state index is 5.57. The SMILES string of the molecule is CCN1CCC(N(C)Cc2csc(CCN)n2)CC1. The zero-order valence-corrected chi connectivity index (χ0v) is 13.0. The topological polar surface area (TPSA) is 45.4 Å². The van der Waals surface area contributed by atoms with Gasteiger partial charge >= 0.3 is 0 Å². The third-order valence-corrected chi connectivity index (χ3v) is 4.95. The molecule has 2 heterocycles. The van der Waals surface area contributed by atoms with Crippen LogP contribution in [0.5, 0.6) is 0 Å². The molecule has 19 heavy (non-hydrogen) atoms. The molecule has 5 heteroatoms. The molecule has 0 amide bonds. The van der Waals surface area contributed by atoms with Crippen LogP contribution >= 0.6 is 11.3 Å². The van der Waals surface area contributed by atoms with Crippen molar-refractivity contribution in [3.8, 4) is 0 Å². The van der Waals surface area contributed by atoms with Crippen molar-refractivity contribution in [3.05, 3.63) is 16.1 Å². The maximum atomic E-state index is 5.57. The molecule has 1 fully saturated rings. The fourth-order valence-electron chi connectivity index (χ4n) is 2.72. The van der Waals surface area contributed by atoms with Crippen molar-refractivity contribution in [1.82, 2.24) is 14.8 Å². The Hall–Kier alpha value is -0.490. The molecule has 0 unspecified atom stereocenters. The van der Waals surface area contributed by atoms with Gasteiger partial charge in [0.1, 0.15) is 0 Å². The summed E-state index contributed by atoms with van der Waals surface area (Å²) in [7, 11) is 2.23. The largest absolute Gasteiger partial charge is 0.330 e. The second-order valence-electron chi connectivity index (χ2n) is 5.35. The van der Waals surface area contributed by atoms with Crippen LogP contribution in [0.4, 0.5) is 0 Å². The highest BCUT2D eigenvalue weighted by Crippen LogP contribution is 2.18. The van der Waals surface area contributed by atoms with Crippen LogP contribution in [0.15, 0.2) is 5.38 Å². The van der Waals surface area contributed by atoms with Gasteiger partial charge in [-0.25, -0.2) is 4.98 Å². The van der Waals surface area contributed by atoms with Gasteiger partial charge in [0.05, 0.1) is 10.7 Å². The van der Waals surface area contributed by atoms with Crippen molar-refractivity contribution in [2.75, 3.05) is 33.2 Å². The predicted octanol–water partition coefficient (Wildman–Crippen LogP) is 1.56. The van der Waals surface area contributed by atoms with Crippen molar-refractivity contribution < 1.29 is 0 Å². The lowest BCUT2D eigenvalue weighted by Gasteiger charge is -2.36. The van der Waals surface area contributed by atoms with E-state index in [0.717, 1.165) is 13.0 Å². The molecular weight excluding hydrogens is 256 g/mol. The fraction of sp³-hybridized carbons (Fsp3) is 0.786. The Bertz CT molecular complexity index is 371. The highest BCUT2D eigenvalue weighted by atomic mass is 32.1. The Morgan fingerprint density at radius 1 is 1.47 bits per heavy atom. The molecule has 0 radical (unpaired) electrons. The minimum atomic E-state index is 0.693. The molecule has 0 atom stereocenters. The molecular formula is C14H26N4S. The van der Waals surface area contributed by atoms with Crippen molar-refractivity contribution in [3.63, 3.8) is 0 Å². The van der Waals surface area contributed by atoms with Crippen LogP contribution in [0.1, 0.15) is 30.5 Å². The number of nitrogens with zero attached hydrogens (tertiary/aromatic N) is 3. The van der Waals surface area contributed by atoms with Crippen LogP contribution in [0.3, 0.4) is 0 Å². The molecule has 0 spiro atoms. The first-order chi connectivity index (χ1) is 9.22. The van der Waals surface area contributed by atoms with Gasteiger partial charge in [0.15, 0.2) is 0 Å². The average Bonchev–Trinajstić information content (AvgIpc) is 2.86. The summed E-state index contributed by atoms with van der Waals surface area (Å²) in [6.45, 7) is 7.57. The molecule has 0 saturated carbocycles. The van der Waals surface area contributed by atoms with Gasteiger partial charge in [-0.3, -0.25) is 4.90 Å². The van der Waals surface area contributed by atoms with Crippen LogP contribution in [0, 0.1) is 0 Å². The molecule has 2 N–H and O–H groups in total. The summed E-state index contributed by atoms with van der Waals surface area (Å²) in [6, 6.07) is 0.711. The number of nitrogens with two attached hydrogens (primary N) is 1. The van der Waals surface area contributed by atoms with Gasteiger partial charge in [0.2, 0.25) is 0 Å². The van der Waals surface area contributed by atoms with Gasteiger partial charge in [0, 0.05) is 24.4 Å². The van der Waals surface area contributed by atoms with E-state index in [-0.39, 0.29) is 0 Å². The Kier molecular flexibility index (Phi) is 5.76. The molecule has 0 bridgehead atoms. The zero-order chi connectivity index (χ0) is 13.7. The minimum Gasteiger partial charge on any atom is -0.330 e. The first-order valence-corrected chi connectivity index (χ1v) is 8.16. The van der Waals surface area contributed by atoms with E-state index in [1.165, 1.54) is 43.2 Å². The molecule has 0 aromatic carbocycles. The van der Waals surface area contributed by atoms with E-state index in [1.54, 1.807) is 11.3 Å². The van der Waals surface area contributed by atoms with E-state index in [4.69, 9.17) is 5.73 Å². The van der Waals surface area contributed by atoms with Crippen LogP contribution in [0.25, 0.3) is 0 Å². The normalized spacial score (nSPS) is 18.3. The number of aromatic nitrogens is 1. The van der Waals surface area contributed by atoms with E-state index in [2.05, 4.69) is 34.1 Å². The second kappa shape index (κ2) is 7.33. The van der Waals surface area contributed by atoms with E-state index in [0.29, 0.717) is 12.6 Å². The average molecular weight is 282 g/mol. The summed E-state index contributed by atoms with van der Waals surface area (Å²) in [4.78, 5) is 9.65. The number of hydrogen-bond donors (Lipinski definition) is 1. The van der Waals surface area contributed by atoms with Gasteiger partial charge < -0.3 is 10.6 Å². The van der Waals surface area contributed by atoms with Crippen molar-refractivity contribution >= 4 is 11.3 Å². The van der Waals surface area contributed by atoms with E-state index < -0.39 is 0 Å². The lowest BCUT2D eigenvalue weighted by molar-refractivity contribution is 0.126. The van der Waals surface area contributed by atoms with Crippen LogP contribution in [-0.4, -0.2) is 54.1 Å². The lowest BCUT2D eigenvalue weighted by atomic mass is 10.0. The van der Waals surface area contributed by atoms with Crippen molar-refractivity contribution in [1.29, 1.82) is 0 Å². The molecule has 1 saturated heterocycles. The summed E-state index contributed by atoms with van der Waals surface area (Å²) in [5.41, 5.74) is 6.77. The Morgan fingerprint density at radius 3 is 2.84 bits per heavy atom. The summed E-state index contributed by atoms with van der Waals surface area (Å²) in [5, 5.41) is 3.36. The zero-order valence-electron chi connectivity index (χ0n) is 12.1. The quantitative estimate of drug-likeness (QED) is 0.860. The van der Waals surface area contributed by atoms with Gasteiger partial charge in [-0.1, -0.05) is 6.92 Å². The van der Waals surface area contributed by atoms with Crippen LogP contribution in [0.2, 0.25) is 0 Å². The third-order valence-electron chi connectivity index (χ3n) is 4.00. The Labute approximate surface area is 120 Å². The molecule has 1 aromatic heterocycles. The summed E-state index contributed by atoms with van der Waals surface area (Å²) in [5.74, 6) is 0. The highest BCUT2D eigenvalue weighted by molar-refractivity contribution is 7.09. The van der Waals surface area contributed by atoms with Crippen LogP contribution < -0.4 is 5.73 Å². The first-order valence-electron chi connectivity index (χ1n) is 7.28. The molecule has 0 aliphatic carbocycles. The summed E-state index contributed by atoms with van der Waals surface area (Å²) >= 11 is 1.74. The van der Waals surface area contributed by atoms with E-state index >= 15 is 0 Å². The molecule has 1 aliphatic heterocycles. The fourth-order valence-corrected chi connectivity index (χ4v) is 3.53. The van der Waals surface area contributed by atoms with E-state index in [1.807, 2.05) is 0 Å². The van der Waals surface area contributed by atoms with Gasteiger partial charge in [-0.15, -0.1) is 11.3 Å². The van der Waals surface area contributed by atoms with E-state index in [9.17, 15) is 0 Å². The third kappa shape index (κ3) is 4.24. The van der Waals surface area contributed by atoms with Crippen LogP contribution in [-0.2, 0) is 13.0 Å². The maximum Gasteiger partial charge on any atom is 0.0941 e. The minimum absolute atomic E-state index is 0.693. The van der Waals surface area contributed by atoms with Gasteiger partial charge in [0.25, 0.3) is 0 Å². The standard InChI is InChI=1S/C14H26N4S/c1-3-18-8-5-13(6-9-18)17(2)10-12-11-19-14(16-12)4-7-15/h11,13H,3-10,15H2,1-2H3. The number of rotatable bonds is 6. The second-order valence-corrected chi connectivity index (χ2v) is 6.29. The summed E-state index contributed by atoms with van der Waals surface area (Å²) < 4.78 is 0. The number of thiazole rings is 1. The van der Waals surface area contributed by atoms with Crippen molar-refractivity contribution in [2.24, 2.45) is 5.73 Å². The molecule has 2 rings (SSSR count). The monoisotopic (exact) mass is 282 g/mol. The smallest absolute Gasteiger partial charge is 0.0941 e. The predicted molar refractivity (Wildman–Crippen MR) is 81.5 cm³/mol. The lowest BCUT2D eigenvalue weighted by Crippen LogP contribution is -2.42. The highest BCUT2D eigenvalue weighted by Gasteiger charge is 2.21. The Balaban J connectivity index is 1.81. The van der Waals surface area contributed by atoms with Gasteiger partial charge in [-0.05, 0) is 46.1 Å².